The number of benzene rings is 1. The fourth-order valence-corrected chi connectivity index (χ4v) is 5.12. The second kappa shape index (κ2) is 9.25. The summed E-state index contributed by atoms with van der Waals surface area (Å²) < 4.78 is 30.3. The Bertz CT molecular complexity index is 880. The normalized spacial score (nSPS) is 18.8. The molecule has 0 aromatic heterocycles. The molecule has 1 aliphatic carbocycles. The number of carbonyl (C=O) groups excluding carboxylic acids is 3. The van der Waals surface area contributed by atoms with Crippen LogP contribution in [0.25, 0.3) is 0 Å². The summed E-state index contributed by atoms with van der Waals surface area (Å²) in [6.07, 6.45) is 5.56. The summed E-state index contributed by atoms with van der Waals surface area (Å²) >= 11 is 0. The van der Waals surface area contributed by atoms with Gasteiger partial charge in [0, 0.05) is 12.6 Å². The minimum atomic E-state index is -3.36. The Morgan fingerprint density at radius 1 is 1.10 bits per heavy atom. The first-order chi connectivity index (χ1) is 13.8. The van der Waals surface area contributed by atoms with Crippen LogP contribution in [0.15, 0.2) is 24.3 Å². The van der Waals surface area contributed by atoms with Crippen LogP contribution in [-0.2, 0) is 19.6 Å². The van der Waals surface area contributed by atoms with Crippen molar-refractivity contribution in [3.63, 3.8) is 0 Å². The summed E-state index contributed by atoms with van der Waals surface area (Å²) in [5.74, 6) is -1.43. The average molecular weight is 423 g/mol. The first-order valence-electron chi connectivity index (χ1n) is 9.73. The average Bonchev–Trinajstić information content (AvgIpc) is 3.06. The molecule has 9 nitrogen and oxygen atoms in total. The zero-order valence-corrected chi connectivity index (χ0v) is 16.9. The van der Waals surface area contributed by atoms with Crippen LogP contribution in [0.4, 0.5) is 10.5 Å². The van der Waals surface area contributed by atoms with Crippen molar-refractivity contribution in [3.05, 3.63) is 29.8 Å². The summed E-state index contributed by atoms with van der Waals surface area (Å²) in [6, 6.07) is 5.50. The minimum absolute atomic E-state index is 0.0590. The third-order valence-corrected chi connectivity index (χ3v) is 6.87. The number of rotatable bonds is 5. The van der Waals surface area contributed by atoms with Crippen molar-refractivity contribution >= 4 is 33.6 Å². The second-order valence-electron chi connectivity index (χ2n) is 7.22. The third kappa shape index (κ3) is 5.69. The standard InChI is InChI=1S/C19H25N3O6S/c23-17(21-19(25)20-15-7-2-1-3-8-15)13-28-18(24)14-6-4-9-16(12-14)22-10-5-11-29(22,26)27/h4,6,9,12,15H,1-3,5,7-8,10-11,13H2,(H2,20,21,23,25). The summed E-state index contributed by atoms with van der Waals surface area (Å²) in [5.41, 5.74) is 0.511. The SMILES string of the molecule is O=C(COC(=O)c1cccc(N2CCCS2(=O)=O)c1)NC(=O)NC1CCCCC1. The van der Waals surface area contributed by atoms with E-state index >= 15 is 0 Å². The van der Waals surface area contributed by atoms with Crippen molar-refractivity contribution in [3.8, 4) is 0 Å². The van der Waals surface area contributed by atoms with Crippen LogP contribution in [0, 0.1) is 0 Å². The predicted molar refractivity (Wildman–Crippen MR) is 106 cm³/mol. The minimum Gasteiger partial charge on any atom is -0.452 e. The van der Waals surface area contributed by atoms with E-state index in [0.29, 0.717) is 18.7 Å². The van der Waals surface area contributed by atoms with Crippen LogP contribution in [-0.4, -0.2) is 51.3 Å². The highest BCUT2D eigenvalue weighted by Gasteiger charge is 2.29. The van der Waals surface area contributed by atoms with Gasteiger partial charge in [-0.2, -0.15) is 0 Å². The molecule has 2 aliphatic rings. The van der Waals surface area contributed by atoms with E-state index in [2.05, 4.69) is 10.6 Å². The number of nitrogens with one attached hydrogen (secondary N) is 2. The number of amides is 3. The van der Waals surface area contributed by atoms with Crippen molar-refractivity contribution in [1.82, 2.24) is 10.6 Å². The van der Waals surface area contributed by atoms with Crippen LogP contribution in [0.3, 0.4) is 0 Å². The van der Waals surface area contributed by atoms with Gasteiger partial charge in [0.25, 0.3) is 5.91 Å². The molecule has 1 saturated carbocycles. The van der Waals surface area contributed by atoms with Crippen LogP contribution in [0.1, 0.15) is 48.9 Å². The van der Waals surface area contributed by atoms with Gasteiger partial charge in [-0.1, -0.05) is 25.3 Å². The molecule has 0 unspecified atom stereocenters. The lowest BCUT2D eigenvalue weighted by Crippen LogP contribution is -2.46. The Kier molecular flexibility index (Phi) is 6.73. The Morgan fingerprint density at radius 3 is 2.55 bits per heavy atom. The molecule has 1 aliphatic heterocycles. The summed E-state index contributed by atoms with van der Waals surface area (Å²) in [4.78, 5) is 35.9. The number of carbonyl (C=O) groups is 3. The van der Waals surface area contributed by atoms with E-state index in [9.17, 15) is 22.8 Å². The van der Waals surface area contributed by atoms with Gasteiger partial charge in [-0.25, -0.2) is 18.0 Å². The van der Waals surface area contributed by atoms with E-state index in [1.807, 2.05) is 0 Å². The largest absolute Gasteiger partial charge is 0.452 e. The van der Waals surface area contributed by atoms with Gasteiger partial charge < -0.3 is 10.1 Å². The highest BCUT2D eigenvalue weighted by Crippen LogP contribution is 2.25. The zero-order valence-electron chi connectivity index (χ0n) is 16.1. The number of ether oxygens (including phenoxy) is 1. The van der Waals surface area contributed by atoms with Gasteiger partial charge in [-0.05, 0) is 37.5 Å². The fraction of sp³-hybridized carbons (Fsp3) is 0.526. The Hall–Kier alpha value is -2.62. The van der Waals surface area contributed by atoms with E-state index in [1.165, 1.54) is 16.4 Å². The smallest absolute Gasteiger partial charge is 0.338 e. The third-order valence-electron chi connectivity index (χ3n) is 5.00. The number of urea groups is 1. The predicted octanol–water partition coefficient (Wildman–Crippen LogP) is 1.54. The molecule has 0 radical (unpaired) electrons. The number of hydrogen-bond donors (Lipinski definition) is 2. The number of imide groups is 1. The highest BCUT2D eigenvalue weighted by molar-refractivity contribution is 7.93. The lowest BCUT2D eigenvalue weighted by Gasteiger charge is -2.22. The van der Waals surface area contributed by atoms with Gasteiger partial charge in [0.2, 0.25) is 10.0 Å². The van der Waals surface area contributed by atoms with Gasteiger partial charge >= 0.3 is 12.0 Å². The van der Waals surface area contributed by atoms with Crippen LogP contribution in [0.2, 0.25) is 0 Å². The Balaban J connectivity index is 1.49. The molecule has 3 amide bonds. The maximum Gasteiger partial charge on any atom is 0.338 e. The number of sulfonamides is 1. The molecule has 158 valence electrons. The number of nitrogens with zero attached hydrogens (tertiary/aromatic N) is 1. The molecule has 2 fully saturated rings. The zero-order chi connectivity index (χ0) is 20.9. The maximum atomic E-state index is 12.2. The van der Waals surface area contributed by atoms with Crippen molar-refractivity contribution in [2.75, 3.05) is 23.2 Å². The molecule has 1 aromatic rings. The number of esters is 1. The first kappa shape index (κ1) is 21.1. The second-order valence-corrected chi connectivity index (χ2v) is 9.24. The van der Waals surface area contributed by atoms with E-state index in [-0.39, 0.29) is 17.4 Å². The Morgan fingerprint density at radius 2 is 1.86 bits per heavy atom. The molecule has 10 heteroatoms. The molecule has 2 N–H and O–H groups in total. The van der Waals surface area contributed by atoms with Crippen LogP contribution < -0.4 is 14.9 Å². The Labute approximate surface area is 169 Å². The molecule has 29 heavy (non-hydrogen) atoms. The lowest BCUT2D eigenvalue weighted by atomic mass is 9.96. The van der Waals surface area contributed by atoms with Gasteiger partial charge in [-0.15, -0.1) is 0 Å². The fourth-order valence-electron chi connectivity index (χ4n) is 3.56. The molecule has 0 spiro atoms. The molecular weight excluding hydrogens is 398 g/mol. The molecule has 3 rings (SSSR count). The van der Waals surface area contributed by atoms with Gasteiger partial charge in [0.1, 0.15) is 0 Å². The van der Waals surface area contributed by atoms with E-state index in [4.69, 9.17) is 4.74 Å². The highest BCUT2D eigenvalue weighted by atomic mass is 32.2. The van der Waals surface area contributed by atoms with E-state index < -0.39 is 34.5 Å². The quantitative estimate of drug-likeness (QED) is 0.693. The summed E-state index contributed by atoms with van der Waals surface area (Å²) in [7, 11) is -3.36. The van der Waals surface area contributed by atoms with Gasteiger partial charge in [0.05, 0.1) is 17.0 Å². The topological polar surface area (TPSA) is 122 Å². The van der Waals surface area contributed by atoms with Crippen LogP contribution in [0.5, 0.6) is 0 Å². The first-order valence-corrected chi connectivity index (χ1v) is 11.3. The molecule has 0 bridgehead atoms. The maximum absolute atomic E-state index is 12.2. The molecule has 0 atom stereocenters. The molecule has 1 aromatic carbocycles. The summed E-state index contributed by atoms with van der Waals surface area (Å²) in [5, 5.41) is 4.89. The van der Waals surface area contributed by atoms with E-state index in [1.54, 1.807) is 12.1 Å². The molecular formula is C19H25N3O6S. The summed E-state index contributed by atoms with van der Waals surface area (Å²) in [6.45, 7) is -0.248. The van der Waals surface area contributed by atoms with Crippen molar-refractivity contribution in [2.45, 2.75) is 44.6 Å². The number of anilines is 1. The van der Waals surface area contributed by atoms with Gasteiger partial charge in [0.15, 0.2) is 6.61 Å². The number of hydrogen-bond acceptors (Lipinski definition) is 6. The lowest BCUT2D eigenvalue weighted by molar-refractivity contribution is -0.123. The van der Waals surface area contributed by atoms with Gasteiger partial charge in [-0.3, -0.25) is 14.4 Å². The van der Waals surface area contributed by atoms with Crippen molar-refractivity contribution in [1.29, 1.82) is 0 Å². The monoisotopic (exact) mass is 423 g/mol. The van der Waals surface area contributed by atoms with Crippen molar-refractivity contribution in [2.24, 2.45) is 0 Å². The molecule has 1 heterocycles. The molecule has 1 saturated heterocycles. The van der Waals surface area contributed by atoms with E-state index in [0.717, 1.165) is 32.1 Å². The van der Waals surface area contributed by atoms with Crippen molar-refractivity contribution < 1.29 is 27.5 Å². The van der Waals surface area contributed by atoms with Crippen LogP contribution >= 0.6 is 0 Å².